The average molecular weight is 367 g/mol. The Labute approximate surface area is 127 Å². The molecule has 0 bridgehead atoms. The Morgan fingerprint density at radius 1 is 1.42 bits per heavy atom. The van der Waals surface area contributed by atoms with E-state index in [2.05, 4.69) is 43.1 Å². The number of sulfonamides is 1. The Morgan fingerprint density at radius 3 is 2.74 bits per heavy atom. The fraction of sp³-hybridized carbons (Fsp3) is 0.667. The molecule has 0 unspecified atom stereocenters. The molecule has 0 atom stereocenters. The molecule has 1 aliphatic rings. The van der Waals surface area contributed by atoms with Crippen molar-refractivity contribution in [3.8, 4) is 0 Å². The molecule has 0 aromatic carbocycles. The van der Waals surface area contributed by atoms with Gasteiger partial charge in [-0.2, -0.15) is 0 Å². The molecule has 0 aliphatic carbocycles. The van der Waals surface area contributed by atoms with E-state index in [9.17, 15) is 8.42 Å². The van der Waals surface area contributed by atoms with Gasteiger partial charge in [-0.15, -0.1) is 11.3 Å². The zero-order chi connectivity index (χ0) is 13.7. The quantitative estimate of drug-likeness (QED) is 0.785. The minimum Gasteiger partial charge on any atom is -0.302 e. The van der Waals surface area contributed by atoms with E-state index < -0.39 is 10.0 Å². The molecule has 1 N–H and O–H groups in total. The molecule has 108 valence electrons. The van der Waals surface area contributed by atoms with Gasteiger partial charge in [0.1, 0.15) is 4.66 Å². The fourth-order valence-electron chi connectivity index (χ4n) is 2.36. The summed E-state index contributed by atoms with van der Waals surface area (Å²) in [7, 11) is -3.12. The van der Waals surface area contributed by atoms with E-state index in [0.29, 0.717) is 12.5 Å². The van der Waals surface area contributed by atoms with Crippen LogP contribution in [0.4, 0.5) is 0 Å². The highest BCUT2D eigenvalue weighted by Gasteiger charge is 2.21. The van der Waals surface area contributed by atoms with E-state index in [1.54, 1.807) is 0 Å². The monoisotopic (exact) mass is 366 g/mol. The van der Waals surface area contributed by atoms with Crippen LogP contribution in [-0.4, -0.2) is 44.2 Å². The van der Waals surface area contributed by atoms with Crippen LogP contribution in [0.3, 0.4) is 0 Å². The molecule has 1 aromatic rings. The normalized spacial score (nSPS) is 18.8. The second-order valence-corrected chi connectivity index (χ2v) is 8.84. The highest BCUT2D eigenvalue weighted by atomic mass is 79.9. The number of nitrogens with one attached hydrogen (secondary N) is 1. The number of piperidine rings is 1. The molecule has 0 saturated carbocycles. The maximum Gasteiger partial charge on any atom is 0.221 e. The number of alkyl halides is 1. The molecular formula is C12H19BrN2O2S2. The zero-order valence-corrected chi connectivity index (χ0v) is 13.9. The first kappa shape index (κ1) is 15.4. The number of halogens is 1. The maximum atomic E-state index is 11.3. The van der Waals surface area contributed by atoms with Gasteiger partial charge in [0, 0.05) is 18.0 Å². The van der Waals surface area contributed by atoms with E-state index in [4.69, 9.17) is 0 Å². The molecule has 0 spiro atoms. The van der Waals surface area contributed by atoms with Crippen LogP contribution < -0.4 is 4.72 Å². The summed E-state index contributed by atoms with van der Waals surface area (Å²) >= 11 is 4.80. The van der Waals surface area contributed by atoms with Crippen LogP contribution >= 0.6 is 27.3 Å². The SMILES string of the molecule is O=S(=O)(CBr)NCCN1CCC(c2cccs2)CC1. The molecule has 7 heteroatoms. The van der Waals surface area contributed by atoms with Crippen LogP contribution in [-0.2, 0) is 10.0 Å². The van der Waals surface area contributed by atoms with E-state index in [-0.39, 0.29) is 4.66 Å². The summed E-state index contributed by atoms with van der Waals surface area (Å²) in [6, 6.07) is 4.33. The fourth-order valence-corrected chi connectivity index (χ4v) is 4.23. The van der Waals surface area contributed by atoms with Crippen molar-refractivity contribution in [3.05, 3.63) is 22.4 Å². The molecule has 1 aromatic heterocycles. The smallest absolute Gasteiger partial charge is 0.221 e. The number of rotatable bonds is 6. The Morgan fingerprint density at radius 2 is 2.16 bits per heavy atom. The van der Waals surface area contributed by atoms with Gasteiger partial charge in [-0.1, -0.05) is 22.0 Å². The third-order valence-corrected chi connectivity index (χ3v) is 7.20. The molecule has 1 aliphatic heterocycles. The van der Waals surface area contributed by atoms with Crippen molar-refractivity contribution < 1.29 is 8.42 Å². The first-order valence-corrected chi connectivity index (χ1v) is 10.0. The van der Waals surface area contributed by atoms with Crippen LogP contribution in [0.25, 0.3) is 0 Å². The molecule has 1 saturated heterocycles. The molecular weight excluding hydrogens is 348 g/mol. The number of hydrogen-bond donors (Lipinski definition) is 1. The van der Waals surface area contributed by atoms with E-state index in [1.165, 1.54) is 17.7 Å². The highest BCUT2D eigenvalue weighted by Crippen LogP contribution is 2.30. The summed E-state index contributed by atoms with van der Waals surface area (Å²) in [5.74, 6) is 0.690. The lowest BCUT2D eigenvalue weighted by Crippen LogP contribution is -2.39. The lowest BCUT2D eigenvalue weighted by molar-refractivity contribution is 0.217. The van der Waals surface area contributed by atoms with Crippen molar-refractivity contribution in [2.24, 2.45) is 0 Å². The Hall–Kier alpha value is 0.0500. The van der Waals surface area contributed by atoms with Gasteiger partial charge in [-0.3, -0.25) is 0 Å². The van der Waals surface area contributed by atoms with Crippen LogP contribution in [0.1, 0.15) is 23.6 Å². The van der Waals surface area contributed by atoms with E-state index in [1.807, 2.05) is 11.3 Å². The molecule has 4 nitrogen and oxygen atoms in total. The standard InChI is InChI=1S/C12H19BrN2O2S2/c13-10-19(16,17)14-5-8-15-6-3-11(4-7-15)12-2-1-9-18-12/h1-2,9,11,14H,3-8,10H2. The predicted octanol–water partition coefficient (Wildman–Crippen LogP) is 2.20. The largest absolute Gasteiger partial charge is 0.302 e. The summed E-state index contributed by atoms with van der Waals surface area (Å²) in [4.78, 5) is 3.82. The number of thiophene rings is 1. The zero-order valence-electron chi connectivity index (χ0n) is 10.7. The third kappa shape index (κ3) is 4.82. The van der Waals surface area contributed by atoms with Gasteiger partial charge >= 0.3 is 0 Å². The van der Waals surface area contributed by atoms with E-state index >= 15 is 0 Å². The molecule has 0 radical (unpaired) electrons. The lowest BCUT2D eigenvalue weighted by Gasteiger charge is -2.31. The van der Waals surface area contributed by atoms with Crippen molar-refractivity contribution in [1.82, 2.24) is 9.62 Å². The van der Waals surface area contributed by atoms with Crippen LogP contribution in [0.2, 0.25) is 0 Å². The first-order valence-electron chi connectivity index (χ1n) is 6.40. The second kappa shape index (κ2) is 7.17. The third-order valence-electron chi connectivity index (χ3n) is 3.43. The Bertz CT molecular complexity index is 468. The summed E-state index contributed by atoms with van der Waals surface area (Å²) in [5.41, 5.74) is 0. The van der Waals surface area contributed by atoms with Crippen molar-refractivity contribution in [2.75, 3.05) is 30.8 Å². The van der Waals surface area contributed by atoms with Crippen LogP contribution in [0.15, 0.2) is 17.5 Å². The molecule has 1 fully saturated rings. The number of likely N-dealkylation sites (tertiary alicyclic amines) is 1. The Balaban J connectivity index is 1.69. The molecule has 0 amide bonds. The topological polar surface area (TPSA) is 49.4 Å². The number of hydrogen-bond acceptors (Lipinski definition) is 4. The van der Waals surface area contributed by atoms with E-state index in [0.717, 1.165) is 19.6 Å². The van der Waals surface area contributed by atoms with Crippen molar-refractivity contribution >= 4 is 37.3 Å². The van der Waals surface area contributed by atoms with Gasteiger partial charge in [0.15, 0.2) is 0 Å². The second-order valence-electron chi connectivity index (χ2n) is 4.75. The van der Waals surface area contributed by atoms with Gasteiger partial charge in [0.2, 0.25) is 10.0 Å². The van der Waals surface area contributed by atoms with Crippen LogP contribution in [0, 0.1) is 0 Å². The van der Waals surface area contributed by atoms with Gasteiger partial charge in [0.25, 0.3) is 0 Å². The van der Waals surface area contributed by atoms with Gasteiger partial charge < -0.3 is 4.90 Å². The van der Waals surface area contributed by atoms with Gasteiger partial charge in [-0.05, 0) is 43.3 Å². The average Bonchev–Trinajstić information content (AvgIpc) is 2.93. The van der Waals surface area contributed by atoms with Crippen LogP contribution in [0.5, 0.6) is 0 Å². The summed E-state index contributed by atoms with van der Waals surface area (Å²) < 4.78 is 25.1. The van der Waals surface area contributed by atoms with Crippen molar-refractivity contribution in [1.29, 1.82) is 0 Å². The summed E-state index contributed by atoms with van der Waals surface area (Å²) in [6.07, 6.45) is 2.34. The summed E-state index contributed by atoms with van der Waals surface area (Å²) in [6.45, 7) is 3.40. The number of nitrogens with zero attached hydrogens (tertiary/aromatic N) is 1. The molecule has 2 rings (SSSR count). The van der Waals surface area contributed by atoms with Gasteiger partial charge in [-0.25, -0.2) is 13.1 Å². The minimum absolute atomic E-state index is 0.0273. The maximum absolute atomic E-state index is 11.3. The Kier molecular flexibility index (Phi) is 5.83. The molecule has 2 heterocycles. The van der Waals surface area contributed by atoms with Gasteiger partial charge in [0.05, 0.1) is 0 Å². The lowest BCUT2D eigenvalue weighted by atomic mass is 9.95. The first-order chi connectivity index (χ1) is 9.11. The minimum atomic E-state index is -3.12. The van der Waals surface area contributed by atoms with Crippen molar-refractivity contribution in [3.63, 3.8) is 0 Å². The predicted molar refractivity (Wildman–Crippen MR) is 83.5 cm³/mol. The molecule has 19 heavy (non-hydrogen) atoms. The highest BCUT2D eigenvalue weighted by molar-refractivity contribution is 9.10. The van der Waals surface area contributed by atoms with Crippen molar-refractivity contribution in [2.45, 2.75) is 18.8 Å². The summed E-state index contributed by atoms with van der Waals surface area (Å²) in [5, 5.41) is 2.14.